The minimum absolute atomic E-state index is 0.0507. The van der Waals surface area contributed by atoms with E-state index >= 15 is 0 Å². The Morgan fingerprint density at radius 2 is 1.59 bits per heavy atom. The van der Waals surface area contributed by atoms with Crippen LogP contribution in [0.5, 0.6) is 0 Å². The van der Waals surface area contributed by atoms with Crippen LogP contribution in [-0.4, -0.2) is 0 Å². The van der Waals surface area contributed by atoms with Gasteiger partial charge in [0.05, 0.1) is 5.38 Å². The van der Waals surface area contributed by atoms with Gasteiger partial charge < -0.3 is 0 Å². The van der Waals surface area contributed by atoms with Crippen LogP contribution in [-0.2, 0) is 6.42 Å². The molecule has 0 aliphatic rings. The van der Waals surface area contributed by atoms with Gasteiger partial charge in [-0.3, -0.25) is 0 Å². The minimum Gasteiger partial charge on any atom is -0.117 e. The number of aryl methyl sites for hydroxylation is 1. The van der Waals surface area contributed by atoms with E-state index in [2.05, 4.69) is 78.0 Å². The van der Waals surface area contributed by atoms with Crippen LogP contribution in [0.2, 0.25) is 0 Å². The Labute approximate surface area is 121 Å². The average Bonchev–Trinajstić information content (AvgIpc) is 2.33. The molecule has 2 aromatic rings. The molecule has 0 amide bonds. The fraction of sp³-hybridized carbons (Fsp3) is 0.200. The molecule has 0 saturated heterocycles. The molecule has 0 spiro atoms. The number of alkyl halides is 1. The average molecular weight is 357 g/mol. The molecule has 0 radical (unpaired) electrons. The zero-order valence-electron chi connectivity index (χ0n) is 9.66. The third kappa shape index (κ3) is 3.71. The van der Waals surface area contributed by atoms with E-state index in [4.69, 9.17) is 11.6 Å². The van der Waals surface area contributed by atoms with E-state index in [9.17, 15) is 0 Å². The maximum atomic E-state index is 6.43. The molecule has 0 saturated carbocycles. The molecule has 1 atom stereocenters. The molecule has 2 aromatic carbocycles. The molecular weight excluding hydrogens is 343 g/mol. The number of benzene rings is 2. The summed E-state index contributed by atoms with van der Waals surface area (Å²) in [5.41, 5.74) is 3.76. The van der Waals surface area contributed by atoms with Crippen molar-refractivity contribution in [3.8, 4) is 0 Å². The number of rotatable bonds is 3. The highest BCUT2D eigenvalue weighted by molar-refractivity contribution is 14.1. The Morgan fingerprint density at radius 3 is 2.18 bits per heavy atom. The standard InChI is InChI=1S/C15H14ClI/c1-11-2-4-12(5-3-11)10-15(16)13-6-8-14(17)9-7-13/h2-9,15H,10H2,1H3. The molecule has 0 fully saturated rings. The Morgan fingerprint density at radius 1 is 1.00 bits per heavy atom. The second-order valence-electron chi connectivity index (χ2n) is 4.21. The summed E-state index contributed by atoms with van der Waals surface area (Å²) in [6.45, 7) is 2.10. The molecule has 1 unspecified atom stereocenters. The van der Waals surface area contributed by atoms with Crippen molar-refractivity contribution in [1.82, 2.24) is 0 Å². The largest absolute Gasteiger partial charge is 0.117 e. The molecule has 0 N–H and O–H groups in total. The zero-order chi connectivity index (χ0) is 12.3. The summed E-state index contributed by atoms with van der Waals surface area (Å²) in [5.74, 6) is 0. The zero-order valence-corrected chi connectivity index (χ0v) is 12.6. The van der Waals surface area contributed by atoms with E-state index in [0.29, 0.717) is 0 Å². The molecule has 2 heteroatoms. The van der Waals surface area contributed by atoms with Crippen molar-refractivity contribution in [1.29, 1.82) is 0 Å². The molecular formula is C15H14ClI. The van der Waals surface area contributed by atoms with Crippen LogP contribution < -0.4 is 0 Å². The molecule has 0 bridgehead atoms. The van der Waals surface area contributed by atoms with E-state index in [0.717, 1.165) is 6.42 Å². The second kappa shape index (κ2) is 5.87. The van der Waals surface area contributed by atoms with Crippen molar-refractivity contribution >= 4 is 34.2 Å². The van der Waals surface area contributed by atoms with Crippen molar-refractivity contribution in [2.24, 2.45) is 0 Å². The lowest BCUT2D eigenvalue weighted by Gasteiger charge is -2.10. The van der Waals surface area contributed by atoms with Gasteiger partial charge in [0.25, 0.3) is 0 Å². The van der Waals surface area contributed by atoms with Gasteiger partial charge in [-0.15, -0.1) is 11.6 Å². The van der Waals surface area contributed by atoms with Gasteiger partial charge in [0.2, 0.25) is 0 Å². The third-order valence-electron chi connectivity index (χ3n) is 2.77. The molecule has 0 aliphatic carbocycles. The highest BCUT2D eigenvalue weighted by atomic mass is 127. The van der Waals surface area contributed by atoms with Crippen LogP contribution in [0.25, 0.3) is 0 Å². The second-order valence-corrected chi connectivity index (χ2v) is 5.98. The van der Waals surface area contributed by atoms with Gasteiger partial charge in [0.15, 0.2) is 0 Å². The summed E-state index contributed by atoms with van der Waals surface area (Å²) in [6, 6.07) is 17.0. The highest BCUT2D eigenvalue weighted by Crippen LogP contribution is 2.25. The van der Waals surface area contributed by atoms with Crippen LogP contribution in [0.4, 0.5) is 0 Å². The summed E-state index contributed by atoms with van der Waals surface area (Å²) in [4.78, 5) is 0. The first-order valence-corrected chi connectivity index (χ1v) is 7.12. The molecule has 2 rings (SSSR count). The summed E-state index contributed by atoms with van der Waals surface area (Å²) >= 11 is 8.73. The summed E-state index contributed by atoms with van der Waals surface area (Å²) < 4.78 is 1.24. The van der Waals surface area contributed by atoms with E-state index in [1.165, 1.54) is 20.3 Å². The summed E-state index contributed by atoms with van der Waals surface area (Å²) in [5, 5.41) is 0.0507. The summed E-state index contributed by atoms with van der Waals surface area (Å²) in [6.07, 6.45) is 0.877. The predicted octanol–water partition coefficient (Wildman–Crippen LogP) is 5.12. The molecule has 88 valence electrons. The van der Waals surface area contributed by atoms with E-state index < -0.39 is 0 Å². The first-order valence-electron chi connectivity index (χ1n) is 5.60. The molecule has 17 heavy (non-hydrogen) atoms. The minimum atomic E-state index is 0.0507. The van der Waals surface area contributed by atoms with E-state index in [1.807, 2.05) is 0 Å². The Balaban J connectivity index is 2.08. The topological polar surface area (TPSA) is 0 Å². The molecule has 0 nitrogen and oxygen atoms in total. The Hall–Kier alpha value is -0.540. The Bertz CT molecular complexity index is 473. The monoisotopic (exact) mass is 356 g/mol. The quantitative estimate of drug-likeness (QED) is 0.529. The van der Waals surface area contributed by atoms with Gasteiger partial charge >= 0.3 is 0 Å². The van der Waals surface area contributed by atoms with Crippen LogP contribution in [0, 0.1) is 10.5 Å². The SMILES string of the molecule is Cc1ccc(CC(Cl)c2ccc(I)cc2)cc1. The number of hydrogen-bond acceptors (Lipinski definition) is 0. The van der Waals surface area contributed by atoms with Crippen molar-refractivity contribution in [3.63, 3.8) is 0 Å². The fourth-order valence-electron chi connectivity index (χ4n) is 1.72. The lowest BCUT2D eigenvalue weighted by atomic mass is 10.0. The number of halogens is 2. The fourth-order valence-corrected chi connectivity index (χ4v) is 2.40. The van der Waals surface area contributed by atoms with Crippen molar-refractivity contribution < 1.29 is 0 Å². The lowest BCUT2D eigenvalue weighted by molar-refractivity contribution is 0.919. The first kappa shape index (κ1) is 12.9. The lowest BCUT2D eigenvalue weighted by Crippen LogP contribution is -1.96. The van der Waals surface area contributed by atoms with Crippen LogP contribution in [0.3, 0.4) is 0 Å². The van der Waals surface area contributed by atoms with Gasteiger partial charge in [0, 0.05) is 3.57 Å². The maximum absolute atomic E-state index is 6.43. The number of hydrogen-bond donors (Lipinski definition) is 0. The van der Waals surface area contributed by atoms with Gasteiger partial charge in [-0.25, -0.2) is 0 Å². The Kier molecular flexibility index (Phi) is 4.46. The summed E-state index contributed by atoms with van der Waals surface area (Å²) in [7, 11) is 0. The van der Waals surface area contributed by atoms with Gasteiger partial charge in [-0.1, -0.05) is 42.0 Å². The smallest absolute Gasteiger partial charge is 0.0625 e. The highest BCUT2D eigenvalue weighted by Gasteiger charge is 2.08. The van der Waals surface area contributed by atoms with Crippen LogP contribution in [0.1, 0.15) is 22.1 Å². The molecule has 0 aromatic heterocycles. The van der Waals surface area contributed by atoms with E-state index in [1.54, 1.807) is 0 Å². The molecule has 0 heterocycles. The third-order valence-corrected chi connectivity index (χ3v) is 3.89. The van der Waals surface area contributed by atoms with E-state index in [-0.39, 0.29) is 5.38 Å². The van der Waals surface area contributed by atoms with Crippen molar-refractivity contribution in [3.05, 3.63) is 68.8 Å². The van der Waals surface area contributed by atoms with Gasteiger partial charge in [-0.2, -0.15) is 0 Å². The van der Waals surface area contributed by atoms with Gasteiger partial charge in [-0.05, 0) is 59.2 Å². The van der Waals surface area contributed by atoms with Crippen molar-refractivity contribution in [2.75, 3.05) is 0 Å². The van der Waals surface area contributed by atoms with Crippen LogP contribution >= 0.6 is 34.2 Å². The normalized spacial score (nSPS) is 12.4. The van der Waals surface area contributed by atoms with Crippen molar-refractivity contribution in [2.45, 2.75) is 18.7 Å². The van der Waals surface area contributed by atoms with Crippen LogP contribution in [0.15, 0.2) is 48.5 Å². The first-order chi connectivity index (χ1) is 8.15. The van der Waals surface area contributed by atoms with Gasteiger partial charge in [0.1, 0.15) is 0 Å². The maximum Gasteiger partial charge on any atom is 0.0625 e. The predicted molar refractivity (Wildman–Crippen MR) is 82.6 cm³/mol. The molecule has 0 aliphatic heterocycles.